The van der Waals surface area contributed by atoms with Crippen molar-refractivity contribution in [1.29, 1.82) is 0 Å². The van der Waals surface area contributed by atoms with Gasteiger partial charge >= 0.3 is 0 Å². The smallest absolute Gasteiger partial charge is 0.119 e. The first-order valence-corrected chi connectivity index (χ1v) is 7.23. The summed E-state index contributed by atoms with van der Waals surface area (Å²) in [5.74, 6) is 0.883. The molecule has 1 saturated heterocycles. The van der Waals surface area contributed by atoms with Crippen LogP contribution in [0.2, 0.25) is 0 Å². The van der Waals surface area contributed by atoms with Crippen molar-refractivity contribution < 1.29 is 4.74 Å². The minimum absolute atomic E-state index is 0.0539. The zero-order chi connectivity index (χ0) is 12.8. The van der Waals surface area contributed by atoms with Gasteiger partial charge < -0.3 is 9.64 Å². The summed E-state index contributed by atoms with van der Waals surface area (Å²) in [4.78, 5) is 2.49. The quantitative estimate of drug-likeness (QED) is 0.769. The lowest BCUT2D eigenvalue weighted by Crippen LogP contribution is -2.28. The average Bonchev–Trinajstić information content (AvgIpc) is 2.67. The van der Waals surface area contributed by atoms with Crippen LogP contribution in [-0.2, 0) is 0 Å². The van der Waals surface area contributed by atoms with E-state index >= 15 is 0 Å². The highest BCUT2D eigenvalue weighted by Gasteiger charge is 2.15. The van der Waals surface area contributed by atoms with Crippen LogP contribution in [0.1, 0.15) is 36.6 Å². The van der Waals surface area contributed by atoms with Gasteiger partial charge in [0.15, 0.2) is 0 Å². The normalized spacial score (nSPS) is 19.2. The molecular formula is C15H22ClNO. The van der Waals surface area contributed by atoms with Gasteiger partial charge in [0.1, 0.15) is 5.75 Å². The van der Waals surface area contributed by atoms with E-state index in [1.807, 2.05) is 18.2 Å². The first kappa shape index (κ1) is 13.7. The molecule has 100 valence electrons. The molecule has 2 nitrogen and oxygen atoms in total. The molecule has 1 aliphatic heterocycles. The van der Waals surface area contributed by atoms with E-state index in [1.54, 1.807) is 7.11 Å². The summed E-state index contributed by atoms with van der Waals surface area (Å²) >= 11 is 6.52. The summed E-state index contributed by atoms with van der Waals surface area (Å²) in [6, 6.07) is 8.08. The Morgan fingerprint density at radius 1 is 1.22 bits per heavy atom. The maximum atomic E-state index is 6.52. The Hall–Kier alpha value is -0.730. The number of benzene rings is 1. The Balaban J connectivity index is 1.95. The minimum atomic E-state index is 0.0539. The molecule has 0 aliphatic carbocycles. The Kier molecular flexibility index (Phi) is 5.33. The van der Waals surface area contributed by atoms with Crippen LogP contribution in [0.3, 0.4) is 0 Å². The molecule has 3 heteroatoms. The standard InChI is InChI=1S/C15H22ClNO/c1-18-14-8-6-7-13(11-14)15(16)12-17-9-4-2-3-5-10-17/h6-8,11,15H,2-5,9-10,12H2,1H3. The molecule has 1 heterocycles. The third-order valence-electron chi connectivity index (χ3n) is 3.57. The molecule has 1 aliphatic rings. The predicted molar refractivity (Wildman–Crippen MR) is 76.5 cm³/mol. The van der Waals surface area contributed by atoms with E-state index in [4.69, 9.17) is 16.3 Å². The van der Waals surface area contributed by atoms with E-state index < -0.39 is 0 Å². The van der Waals surface area contributed by atoms with Crippen molar-refractivity contribution in [1.82, 2.24) is 4.90 Å². The molecule has 0 bridgehead atoms. The van der Waals surface area contributed by atoms with Crippen LogP contribution >= 0.6 is 11.6 Å². The van der Waals surface area contributed by atoms with Crippen LogP contribution in [0, 0.1) is 0 Å². The fourth-order valence-electron chi connectivity index (χ4n) is 2.49. The maximum Gasteiger partial charge on any atom is 0.119 e. The van der Waals surface area contributed by atoms with Gasteiger partial charge in [-0.25, -0.2) is 0 Å². The number of hydrogen-bond donors (Lipinski definition) is 0. The van der Waals surface area contributed by atoms with E-state index in [0.29, 0.717) is 0 Å². The van der Waals surface area contributed by atoms with Crippen LogP contribution in [0.25, 0.3) is 0 Å². The minimum Gasteiger partial charge on any atom is -0.497 e. The fourth-order valence-corrected chi connectivity index (χ4v) is 2.82. The number of likely N-dealkylation sites (tertiary alicyclic amines) is 1. The lowest BCUT2D eigenvalue weighted by atomic mass is 10.1. The molecule has 1 fully saturated rings. The van der Waals surface area contributed by atoms with Crippen molar-refractivity contribution >= 4 is 11.6 Å². The van der Waals surface area contributed by atoms with Gasteiger partial charge in [-0.15, -0.1) is 11.6 Å². The van der Waals surface area contributed by atoms with Gasteiger partial charge in [0.25, 0.3) is 0 Å². The van der Waals surface area contributed by atoms with Crippen LogP contribution < -0.4 is 4.74 Å². The number of methoxy groups -OCH3 is 1. The van der Waals surface area contributed by atoms with Crippen molar-refractivity contribution in [2.75, 3.05) is 26.7 Å². The van der Waals surface area contributed by atoms with Crippen LogP contribution in [0.5, 0.6) is 5.75 Å². The molecule has 1 unspecified atom stereocenters. The topological polar surface area (TPSA) is 12.5 Å². The van der Waals surface area contributed by atoms with E-state index in [1.165, 1.54) is 38.8 Å². The summed E-state index contributed by atoms with van der Waals surface area (Å²) in [7, 11) is 1.69. The van der Waals surface area contributed by atoms with E-state index in [9.17, 15) is 0 Å². The van der Waals surface area contributed by atoms with Gasteiger partial charge in [-0.2, -0.15) is 0 Å². The molecule has 0 radical (unpaired) electrons. The van der Waals surface area contributed by atoms with E-state index in [-0.39, 0.29) is 5.38 Å². The molecule has 1 aromatic carbocycles. The highest BCUT2D eigenvalue weighted by atomic mass is 35.5. The summed E-state index contributed by atoms with van der Waals surface area (Å²) in [5, 5.41) is 0.0539. The fraction of sp³-hybridized carbons (Fsp3) is 0.600. The van der Waals surface area contributed by atoms with E-state index in [0.717, 1.165) is 17.9 Å². The maximum absolute atomic E-state index is 6.52. The number of nitrogens with zero attached hydrogens (tertiary/aromatic N) is 1. The molecule has 0 saturated carbocycles. The van der Waals surface area contributed by atoms with Crippen molar-refractivity contribution in [2.45, 2.75) is 31.1 Å². The monoisotopic (exact) mass is 267 g/mol. The van der Waals surface area contributed by atoms with Gasteiger partial charge in [-0.1, -0.05) is 25.0 Å². The summed E-state index contributed by atoms with van der Waals surface area (Å²) in [6.45, 7) is 3.31. The second-order valence-corrected chi connectivity index (χ2v) is 5.49. The van der Waals surface area contributed by atoms with Gasteiger partial charge in [0.05, 0.1) is 12.5 Å². The van der Waals surface area contributed by atoms with Crippen molar-refractivity contribution in [3.05, 3.63) is 29.8 Å². The first-order chi connectivity index (χ1) is 8.79. The molecular weight excluding hydrogens is 246 g/mol. The third-order valence-corrected chi connectivity index (χ3v) is 3.96. The number of alkyl halides is 1. The van der Waals surface area contributed by atoms with Gasteiger partial charge in [0, 0.05) is 6.54 Å². The molecule has 0 aromatic heterocycles. The highest BCUT2D eigenvalue weighted by Crippen LogP contribution is 2.26. The second-order valence-electron chi connectivity index (χ2n) is 4.96. The molecule has 0 amide bonds. The predicted octanol–water partition coefficient (Wildman–Crippen LogP) is 3.85. The van der Waals surface area contributed by atoms with Crippen LogP contribution in [0.15, 0.2) is 24.3 Å². The second kappa shape index (κ2) is 7.01. The van der Waals surface area contributed by atoms with E-state index in [2.05, 4.69) is 11.0 Å². The number of halogens is 1. The van der Waals surface area contributed by atoms with Gasteiger partial charge in [-0.05, 0) is 43.6 Å². The summed E-state index contributed by atoms with van der Waals surface area (Å²) in [5.41, 5.74) is 1.15. The molecule has 2 rings (SSSR count). The Bertz CT molecular complexity index is 361. The molecule has 0 N–H and O–H groups in total. The Morgan fingerprint density at radius 2 is 1.94 bits per heavy atom. The third kappa shape index (κ3) is 3.89. The van der Waals surface area contributed by atoms with Crippen LogP contribution in [-0.4, -0.2) is 31.6 Å². The lowest BCUT2D eigenvalue weighted by molar-refractivity contribution is 0.285. The number of ether oxygens (including phenoxy) is 1. The lowest BCUT2D eigenvalue weighted by Gasteiger charge is -2.23. The summed E-state index contributed by atoms with van der Waals surface area (Å²) in [6.07, 6.45) is 5.34. The van der Waals surface area contributed by atoms with Crippen LogP contribution in [0.4, 0.5) is 0 Å². The Labute approximate surface area is 115 Å². The molecule has 18 heavy (non-hydrogen) atoms. The molecule has 1 atom stereocenters. The van der Waals surface area contributed by atoms with Gasteiger partial charge in [0.2, 0.25) is 0 Å². The summed E-state index contributed by atoms with van der Waals surface area (Å²) < 4.78 is 5.24. The van der Waals surface area contributed by atoms with Gasteiger partial charge in [-0.3, -0.25) is 0 Å². The molecule has 1 aromatic rings. The SMILES string of the molecule is COc1cccc(C(Cl)CN2CCCCCC2)c1. The zero-order valence-electron chi connectivity index (χ0n) is 11.1. The first-order valence-electron chi connectivity index (χ1n) is 6.80. The zero-order valence-corrected chi connectivity index (χ0v) is 11.8. The molecule has 0 spiro atoms. The largest absolute Gasteiger partial charge is 0.497 e. The highest BCUT2D eigenvalue weighted by molar-refractivity contribution is 6.21. The number of hydrogen-bond acceptors (Lipinski definition) is 2. The van der Waals surface area contributed by atoms with Crippen molar-refractivity contribution in [3.8, 4) is 5.75 Å². The average molecular weight is 268 g/mol. The Morgan fingerprint density at radius 3 is 2.61 bits per heavy atom. The number of rotatable bonds is 4. The van der Waals surface area contributed by atoms with Crippen molar-refractivity contribution in [3.63, 3.8) is 0 Å². The van der Waals surface area contributed by atoms with Crippen molar-refractivity contribution in [2.24, 2.45) is 0 Å².